The summed E-state index contributed by atoms with van der Waals surface area (Å²) in [7, 11) is 0. The number of aromatic nitrogens is 2. The van der Waals surface area contributed by atoms with E-state index in [2.05, 4.69) is 55.3 Å². The van der Waals surface area contributed by atoms with Crippen molar-refractivity contribution in [1.29, 1.82) is 0 Å². The Morgan fingerprint density at radius 1 is 1.23 bits per heavy atom. The number of hydrogen-bond acceptors (Lipinski definition) is 6. The van der Waals surface area contributed by atoms with E-state index in [4.69, 9.17) is 4.74 Å². The summed E-state index contributed by atoms with van der Waals surface area (Å²) < 4.78 is 6.61. The summed E-state index contributed by atoms with van der Waals surface area (Å²) in [6, 6.07) is 8.24. The van der Waals surface area contributed by atoms with E-state index in [-0.39, 0.29) is 11.3 Å². The van der Waals surface area contributed by atoms with Crippen molar-refractivity contribution >= 4 is 34.1 Å². The van der Waals surface area contributed by atoms with Crippen molar-refractivity contribution in [3.63, 3.8) is 0 Å². The Balaban J connectivity index is 1.70. The first-order valence-corrected chi connectivity index (χ1v) is 10.7. The molecule has 0 fully saturated rings. The third-order valence-electron chi connectivity index (χ3n) is 4.26. The minimum absolute atomic E-state index is 0.0576. The van der Waals surface area contributed by atoms with Crippen molar-refractivity contribution in [2.45, 2.75) is 56.7 Å². The Labute approximate surface area is 163 Å². The van der Waals surface area contributed by atoms with Gasteiger partial charge in [0.2, 0.25) is 11.0 Å². The summed E-state index contributed by atoms with van der Waals surface area (Å²) in [6.45, 7) is 9.24. The van der Waals surface area contributed by atoms with Crippen LogP contribution in [0.25, 0.3) is 0 Å². The molecule has 0 saturated heterocycles. The number of rotatable bonds is 10. The number of nitrogens with zero attached hydrogens (tertiary/aromatic N) is 2. The van der Waals surface area contributed by atoms with Crippen molar-refractivity contribution in [3.05, 3.63) is 29.8 Å². The molecular formula is C19H27N3O2S2. The molecule has 26 heavy (non-hydrogen) atoms. The van der Waals surface area contributed by atoms with Crippen LogP contribution in [0, 0.1) is 0 Å². The molecular weight excluding hydrogens is 366 g/mol. The SMILES string of the molecule is CCSc1nnc(NC(=O)CCCOc2ccc(C(C)(C)CC)cc2)s1. The quantitative estimate of drug-likeness (QED) is 0.344. The average Bonchev–Trinajstić information content (AvgIpc) is 3.06. The summed E-state index contributed by atoms with van der Waals surface area (Å²) in [5.74, 6) is 1.72. The standard InChI is InChI=1S/C19H27N3O2S2/c1-5-19(3,4)14-9-11-15(12-10-14)24-13-7-8-16(23)20-17-21-22-18(26-17)25-6-2/h9-12H,5-8,13H2,1-4H3,(H,20,21,23). The second kappa shape index (κ2) is 9.92. The topological polar surface area (TPSA) is 64.1 Å². The van der Waals surface area contributed by atoms with E-state index < -0.39 is 0 Å². The molecule has 5 nitrogen and oxygen atoms in total. The van der Waals surface area contributed by atoms with Crippen LogP contribution in [0.5, 0.6) is 5.75 Å². The van der Waals surface area contributed by atoms with Gasteiger partial charge in [0.1, 0.15) is 5.75 Å². The molecule has 0 saturated carbocycles. The maximum absolute atomic E-state index is 11.9. The lowest BCUT2D eigenvalue weighted by Gasteiger charge is -2.23. The normalized spacial score (nSPS) is 11.4. The van der Waals surface area contributed by atoms with Gasteiger partial charge in [-0.25, -0.2) is 0 Å². The fourth-order valence-electron chi connectivity index (χ4n) is 2.25. The number of nitrogens with one attached hydrogen (secondary N) is 1. The molecule has 7 heteroatoms. The van der Waals surface area contributed by atoms with E-state index in [9.17, 15) is 4.79 Å². The van der Waals surface area contributed by atoms with Crippen molar-refractivity contribution in [2.75, 3.05) is 17.7 Å². The summed E-state index contributed by atoms with van der Waals surface area (Å²) in [5.41, 5.74) is 1.49. The van der Waals surface area contributed by atoms with E-state index in [1.54, 1.807) is 11.8 Å². The number of hydrogen-bond donors (Lipinski definition) is 1. The Hall–Kier alpha value is -1.60. The fourth-order valence-corrected chi connectivity index (χ4v) is 3.92. The molecule has 142 valence electrons. The van der Waals surface area contributed by atoms with Gasteiger partial charge in [-0.15, -0.1) is 10.2 Å². The summed E-state index contributed by atoms with van der Waals surface area (Å²) in [5, 5.41) is 11.3. The molecule has 1 heterocycles. The number of amides is 1. The Morgan fingerprint density at radius 3 is 2.62 bits per heavy atom. The molecule has 0 unspecified atom stereocenters. The van der Waals surface area contributed by atoms with Crippen molar-refractivity contribution < 1.29 is 9.53 Å². The minimum Gasteiger partial charge on any atom is -0.494 e. The highest BCUT2D eigenvalue weighted by Gasteiger charge is 2.17. The van der Waals surface area contributed by atoms with Crippen molar-refractivity contribution in [3.8, 4) is 5.75 Å². The zero-order valence-corrected chi connectivity index (χ0v) is 17.5. The third kappa shape index (κ3) is 6.29. The van der Waals surface area contributed by atoms with Gasteiger partial charge >= 0.3 is 0 Å². The molecule has 2 aromatic rings. The summed E-state index contributed by atoms with van der Waals surface area (Å²) in [4.78, 5) is 11.9. The van der Waals surface area contributed by atoms with Crippen LogP contribution in [0.1, 0.15) is 52.5 Å². The van der Waals surface area contributed by atoms with Crippen LogP contribution in [-0.2, 0) is 10.2 Å². The molecule has 0 radical (unpaired) electrons. The van der Waals surface area contributed by atoms with Gasteiger partial charge in [0.15, 0.2) is 4.34 Å². The zero-order valence-electron chi connectivity index (χ0n) is 15.9. The number of carbonyl (C=O) groups is 1. The van der Waals surface area contributed by atoms with E-state index in [0.29, 0.717) is 24.6 Å². The summed E-state index contributed by atoms with van der Waals surface area (Å²) >= 11 is 3.02. The van der Waals surface area contributed by atoms with Gasteiger partial charge in [-0.2, -0.15) is 0 Å². The Morgan fingerprint density at radius 2 is 1.96 bits per heavy atom. The second-order valence-electron chi connectivity index (χ2n) is 6.57. The Bertz CT molecular complexity index is 699. The van der Waals surface area contributed by atoms with Gasteiger partial charge in [-0.05, 0) is 41.7 Å². The maximum atomic E-state index is 11.9. The van der Waals surface area contributed by atoms with Gasteiger partial charge in [0.05, 0.1) is 6.61 Å². The van der Waals surface area contributed by atoms with Crippen LogP contribution in [0.15, 0.2) is 28.6 Å². The van der Waals surface area contributed by atoms with Crippen LogP contribution in [0.2, 0.25) is 0 Å². The molecule has 0 aliphatic rings. The number of carbonyl (C=O) groups excluding carboxylic acids is 1. The van der Waals surface area contributed by atoms with Crippen molar-refractivity contribution in [1.82, 2.24) is 10.2 Å². The second-order valence-corrected chi connectivity index (χ2v) is 9.06. The van der Waals surface area contributed by atoms with Crippen LogP contribution in [0.4, 0.5) is 5.13 Å². The van der Waals surface area contributed by atoms with Gasteiger partial charge in [0, 0.05) is 6.42 Å². The molecule has 0 aliphatic heterocycles. The van der Waals surface area contributed by atoms with Gasteiger partial charge in [-0.3, -0.25) is 4.79 Å². The molecule has 1 N–H and O–H groups in total. The van der Waals surface area contributed by atoms with E-state index in [1.807, 2.05) is 12.1 Å². The summed E-state index contributed by atoms with van der Waals surface area (Å²) in [6.07, 6.45) is 2.15. The van der Waals surface area contributed by atoms with Crippen LogP contribution < -0.4 is 10.1 Å². The van der Waals surface area contributed by atoms with Crippen molar-refractivity contribution in [2.24, 2.45) is 0 Å². The van der Waals surface area contributed by atoms with Gasteiger partial charge in [-0.1, -0.05) is 62.9 Å². The highest BCUT2D eigenvalue weighted by Crippen LogP contribution is 2.28. The van der Waals surface area contributed by atoms with Gasteiger partial charge in [0.25, 0.3) is 0 Å². The first-order valence-electron chi connectivity index (χ1n) is 8.94. The smallest absolute Gasteiger partial charge is 0.226 e. The number of ether oxygens (including phenoxy) is 1. The lowest BCUT2D eigenvalue weighted by atomic mass is 9.82. The molecule has 0 atom stereocenters. The van der Waals surface area contributed by atoms with Crippen LogP contribution in [-0.4, -0.2) is 28.5 Å². The highest BCUT2D eigenvalue weighted by atomic mass is 32.2. The van der Waals surface area contributed by atoms with E-state index in [1.165, 1.54) is 16.9 Å². The molecule has 0 spiro atoms. The van der Waals surface area contributed by atoms with Crippen LogP contribution in [0.3, 0.4) is 0 Å². The number of anilines is 1. The molecule has 1 aromatic heterocycles. The van der Waals surface area contributed by atoms with E-state index >= 15 is 0 Å². The lowest BCUT2D eigenvalue weighted by Crippen LogP contribution is -2.15. The average molecular weight is 394 g/mol. The Kier molecular flexibility index (Phi) is 7.90. The zero-order chi connectivity index (χ0) is 19.0. The predicted octanol–water partition coefficient (Wildman–Crippen LogP) is 5.14. The van der Waals surface area contributed by atoms with Gasteiger partial charge < -0.3 is 10.1 Å². The number of thioether (sulfide) groups is 1. The fraction of sp³-hybridized carbons (Fsp3) is 0.526. The molecule has 1 aromatic carbocycles. The monoisotopic (exact) mass is 393 g/mol. The highest BCUT2D eigenvalue weighted by molar-refractivity contribution is 8.01. The first-order chi connectivity index (χ1) is 12.4. The van der Waals surface area contributed by atoms with Crippen LogP contribution >= 0.6 is 23.1 Å². The minimum atomic E-state index is -0.0576. The van der Waals surface area contributed by atoms with E-state index in [0.717, 1.165) is 22.3 Å². The third-order valence-corrected chi connectivity index (χ3v) is 6.11. The lowest BCUT2D eigenvalue weighted by molar-refractivity contribution is -0.116. The maximum Gasteiger partial charge on any atom is 0.226 e. The first kappa shape index (κ1) is 20.7. The molecule has 0 bridgehead atoms. The predicted molar refractivity (Wildman–Crippen MR) is 109 cm³/mol. The molecule has 2 rings (SSSR count). The molecule has 0 aliphatic carbocycles. The largest absolute Gasteiger partial charge is 0.494 e. The number of benzene rings is 1. The molecule has 1 amide bonds.